The van der Waals surface area contributed by atoms with Crippen molar-refractivity contribution >= 4 is 22.3 Å². The van der Waals surface area contributed by atoms with Gasteiger partial charge in [0.2, 0.25) is 5.91 Å². The average molecular weight is 301 g/mol. The molecule has 0 saturated carbocycles. The molecule has 3 aromatic carbocycles. The largest absolute Gasteiger partial charge is 0.356 e. The fourth-order valence-corrected chi connectivity index (χ4v) is 2.84. The zero-order valence-electron chi connectivity index (χ0n) is 13.3. The van der Waals surface area contributed by atoms with Crippen LogP contribution in [0.1, 0.15) is 16.7 Å². The Kier molecular flexibility index (Phi) is 4.24. The molecule has 0 fully saturated rings. The van der Waals surface area contributed by atoms with Gasteiger partial charge in [-0.25, -0.2) is 0 Å². The van der Waals surface area contributed by atoms with Crippen molar-refractivity contribution in [3.8, 4) is 0 Å². The number of hydrogen-bond donors (Lipinski definition) is 1. The molecular formula is C21H19NO. The van der Waals surface area contributed by atoms with E-state index in [1.165, 1.54) is 5.39 Å². The van der Waals surface area contributed by atoms with Crippen molar-refractivity contribution in [2.45, 2.75) is 6.92 Å². The van der Waals surface area contributed by atoms with Crippen molar-refractivity contribution < 1.29 is 4.79 Å². The molecule has 0 aliphatic heterocycles. The highest BCUT2D eigenvalue weighted by Crippen LogP contribution is 2.31. The smallest absolute Gasteiger partial charge is 0.244 e. The van der Waals surface area contributed by atoms with E-state index in [2.05, 4.69) is 48.6 Å². The lowest BCUT2D eigenvalue weighted by molar-refractivity contribution is -0.116. The molecule has 3 rings (SSSR count). The Labute approximate surface area is 136 Å². The lowest BCUT2D eigenvalue weighted by Gasteiger charge is -2.14. The second-order valence-corrected chi connectivity index (χ2v) is 5.51. The normalized spacial score (nSPS) is 11.5. The molecular weight excluding hydrogens is 282 g/mol. The molecule has 2 nitrogen and oxygen atoms in total. The molecule has 2 heteroatoms. The maximum absolute atomic E-state index is 12.0. The standard InChI is InChI=1S/C21H19NO/c1-15-8-3-5-11-17(15)20(14-21(23)22-2)19-13-7-10-16-9-4-6-12-18(16)19/h3-14H,1-2H3,(H,22,23)/b20-14-. The number of amides is 1. The first-order chi connectivity index (χ1) is 11.2. The molecule has 0 saturated heterocycles. The van der Waals surface area contributed by atoms with Gasteiger partial charge in [-0.1, -0.05) is 66.7 Å². The number of nitrogens with one attached hydrogen (secondary N) is 1. The van der Waals surface area contributed by atoms with Gasteiger partial charge in [0.1, 0.15) is 0 Å². The molecule has 3 aromatic rings. The molecule has 0 aliphatic carbocycles. The van der Waals surface area contributed by atoms with Gasteiger partial charge in [0, 0.05) is 13.1 Å². The second kappa shape index (κ2) is 6.49. The van der Waals surface area contributed by atoms with Crippen LogP contribution in [0.25, 0.3) is 16.3 Å². The Hall–Kier alpha value is -2.87. The quantitative estimate of drug-likeness (QED) is 0.717. The van der Waals surface area contributed by atoms with Crippen molar-refractivity contribution in [3.05, 3.63) is 89.5 Å². The molecule has 1 N–H and O–H groups in total. The highest BCUT2D eigenvalue weighted by molar-refractivity contribution is 6.05. The van der Waals surface area contributed by atoms with Crippen LogP contribution in [0.4, 0.5) is 0 Å². The summed E-state index contributed by atoms with van der Waals surface area (Å²) in [4.78, 5) is 12.0. The monoisotopic (exact) mass is 301 g/mol. The van der Waals surface area contributed by atoms with Gasteiger partial charge < -0.3 is 5.32 Å². The molecule has 1 amide bonds. The first-order valence-corrected chi connectivity index (χ1v) is 7.68. The molecule has 0 atom stereocenters. The fourth-order valence-electron chi connectivity index (χ4n) is 2.84. The van der Waals surface area contributed by atoms with Gasteiger partial charge in [-0.15, -0.1) is 0 Å². The van der Waals surface area contributed by atoms with E-state index >= 15 is 0 Å². The maximum atomic E-state index is 12.0. The van der Waals surface area contributed by atoms with Crippen LogP contribution in [0.3, 0.4) is 0 Å². The van der Waals surface area contributed by atoms with Gasteiger partial charge in [0.25, 0.3) is 0 Å². The number of likely N-dealkylation sites (N-methyl/N-ethyl adjacent to an activating group) is 1. The van der Waals surface area contributed by atoms with Crippen LogP contribution in [-0.4, -0.2) is 13.0 Å². The molecule has 0 bridgehead atoms. The summed E-state index contributed by atoms with van der Waals surface area (Å²) in [7, 11) is 1.65. The first-order valence-electron chi connectivity index (χ1n) is 7.68. The van der Waals surface area contributed by atoms with Crippen molar-refractivity contribution in [1.29, 1.82) is 0 Å². The van der Waals surface area contributed by atoms with Gasteiger partial charge in [0.15, 0.2) is 0 Å². The predicted octanol–water partition coefficient (Wildman–Crippen LogP) is 4.33. The molecule has 0 aromatic heterocycles. The van der Waals surface area contributed by atoms with Crippen LogP contribution in [0.15, 0.2) is 72.8 Å². The van der Waals surface area contributed by atoms with Crippen molar-refractivity contribution in [3.63, 3.8) is 0 Å². The lowest BCUT2D eigenvalue weighted by atomic mass is 9.90. The minimum absolute atomic E-state index is 0.101. The zero-order chi connectivity index (χ0) is 16.2. The Morgan fingerprint density at radius 2 is 1.52 bits per heavy atom. The Morgan fingerprint density at radius 3 is 2.30 bits per heavy atom. The molecule has 0 spiro atoms. The first kappa shape index (κ1) is 15.0. The molecule has 0 radical (unpaired) electrons. The van der Waals surface area contributed by atoms with E-state index < -0.39 is 0 Å². The molecule has 0 unspecified atom stereocenters. The zero-order valence-corrected chi connectivity index (χ0v) is 13.3. The van der Waals surface area contributed by atoms with E-state index in [-0.39, 0.29) is 5.91 Å². The minimum Gasteiger partial charge on any atom is -0.356 e. The Morgan fingerprint density at radius 1 is 0.870 bits per heavy atom. The van der Waals surface area contributed by atoms with Gasteiger partial charge in [-0.3, -0.25) is 4.79 Å². The second-order valence-electron chi connectivity index (χ2n) is 5.51. The summed E-state index contributed by atoms with van der Waals surface area (Å²) in [6, 6.07) is 22.6. The SMILES string of the molecule is CNC(=O)/C=C(/c1ccccc1C)c1cccc2ccccc12. The van der Waals surface area contributed by atoms with Crippen molar-refractivity contribution in [2.75, 3.05) is 7.05 Å². The van der Waals surface area contributed by atoms with E-state index in [1.54, 1.807) is 13.1 Å². The van der Waals surface area contributed by atoms with Crippen LogP contribution >= 0.6 is 0 Å². The van der Waals surface area contributed by atoms with Crippen molar-refractivity contribution in [1.82, 2.24) is 5.32 Å². The minimum atomic E-state index is -0.101. The number of carbonyl (C=O) groups excluding carboxylic acids is 1. The highest BCUT2D eigenvalue weighted by Gasteiger charge is 2.12. The van der Waals surface area contributed by atoms with Crippen LogP contribution in [0.5, 0.6) is 0 Å². The summed E-state index contributed by atoms with van der Waals surface area (Å²) in [5, 5.41) is 5.00. The van der Waals surface area contributed by atoms with E-state index in [0.717, 1.165) is 27.6 Å². The van der Waals surface area contributed by atoms with Gasteiger partial charge >= 0.3 is 0 Å². The summed E-state index contributed by atoms with van der Waals surface area (Å²) in [6.45, 7) is 2.07. The highest BCUT2D eigenvalue weighted by atomic mass is 16.1. The summed E-state index contributed by atoms with van der Waals surface area (Å²) in [5.74, 6) is -0.101. The van der Waals surface area contributed by atoms with Crippen LogP contribution in [0, 0.1) is 6.92 Å². The van der Waals surface area contributed by atoms with E-state index in [0.29, 0.717) is 0 Å². The summed E-state index contributed by atoms with van der Waals surface area (Å²) >= 11 is 0. The summed E-state index contributed by atoms with van der Waals surface area (Å²) in [5.41, 5.74) is 4.24. The number of benzene rings is 3. The molecule has 23 heavy (non-hydrogen) atoms. The van der Waals surface area contributed by atoms with Crippen LogP contribution < -0.4 is 5.32 Å². The Bertz CT molecular complexity index is 888. The number of aryl methyl sites for hydroxylation is 1. The summed E-state index contributed by atoms with van der Waals surface area (Å²) < 4.78 is 0. The third-order valence-corrected chi connectivity index (χ3v) is 4.04. The van der Waals surface area contributed by atoms with Gasteiger partial charge in [-0.05, 0) is 40.0 Å². The van der Waals surface area contributed by atoms with Gasteiger partial charge in [0.05, 0.1) is 0 Å². The van der Waals surface area contributed by atoms with E-state index in [9.17, 15) is 4.79 Å². The fraction of sp³-hybridized carbons (Fsp3) is 0.0952. The van der Waals surface area contributed by atoms with E-state index in [1.807, 2.05) is 30.3 Å². The Balaban J connectivity index is 2.29. The number of rotatable bonds is 3. The van der Waals surface area contributed by atoms with Crippen LogP contribution in [0.2, 0.25) is 0 Å². The predicted molar refractivity (Wildman–Crippen MR) is 96.3 cm³/mol. The molecule has 0 aliphatic rings. The topological polar surface area (TPSA) is 29.1 Å². The molecule has 114 valence electrons. The van der Waals surface area contributed by atoms with Gasteiger partial charge in [-0.2, -0.15) is 0 Å². The summed E-state index contributed by atoms with van der Waals surface area (Å²) in [6.07, 6.45) is 1.68. The maximum Gasteiger partial charge on any atom is 0.244 e. The average Bonchev–Trinajstić information content (AvgIpc) is 2.60. The number of carbonyl (C=O) groups is 1. The third kappa shape index (κ3) is 3.02. The third-order valence-electron chi connectivity index (χ3n) is 4.04. The molecule has 0 heterocycles. The lowest BCUT2D eigenvalue weighted by Crippen LogP contribution is -2.15. The number of fused-ring (bicyclic) bond motifs is 1. The van der Waals surface area contributed by atoms with E-state index in [4.69, 9.17) is 0 Å². The number of hydrogen-bond acceptors (Lipinski definition) is 1. The van der Waals surface area contributed by atoms with Crippen LogP contribution in [-0.2, 0) is 4.79 Å². The van der Waals surface area contributed by atoms with Crippen molar-refractivity contribution in [2.24, 2.45) is 0 Å².